The minimum atomic E-state index is -0.672. The Labute approximate surface area is 370 Å². The van der Waals surface area contributed by atoms with Crippen LogP contribution in [-0.2, 0) is 20.9 Å². The quantitative estimate of drug-likeness (QED) is 0.0596. The SMILES string of the molecule is C[C@@H](Oc1cc(-c2cnn(C3CCN(CCCCCCCC(=O)N4CC(Nc5cccc6c5CN(C5CCC(=O)NC5=O)C6=O)C4)CC3)c2)cnc1N)c1c(Cl)ccc(F)c1Cl. The molecule has 8 rings (SSSR count). The molecular formula is C45H52Cl2FN9O5. The number of piperidine rings is 2. The number of carbonyl (C=O) groups is 4. The zero-order valence-corrected chi connectivity index (χ0v) is 36.3. The van der Waals surface area contributed by atoms with E-state index >= 15 is 0 Å². The molecule has 6 heterocycles. The smallest absolute Gasteiger partial charge is 0.255 e. The Kier molecular flexibility index (Phi) is 13.3. The second-order valence-corrected chi connectivity index (χ2v) is 17.6. The summed E-state index contributed by atoms with van der Waals surface area (Å²) in [5.74, 6) is -0.783. The van der Waals surface area contributed by atoms with E-state index in [0.717, 1.165) is 87.0 Å². The highest BCUT2D eigenvalue weighted by Crippen LogP contribution is 2.38. The number of imide groups is 1. The Morgan fingerprint density at radius 2 is 1.79 bits per heavy atom. The van der Waals surface area contributed by atoms with Crippen molar-refractivity contribution < 1.29 is 28.3 Å². The number of nitrogens with one attached hydrogen (secondary N) is 2. The highest BCUT2D eigenvalue weighted by Gasteiger charge is 2.40. The molecule has 3 saturated heterocycles. The van der Waals surface area contributed by atoms with Crippen molar-refractivity contribution in [2.24, 2.45) is 0 Å². The highest BCUT2D eigenvalue weighted by atomic mass is 35.5. The van der Waals surface area contributed by atoms with Crippen LogP contribution in [0.15, 0.2) is 55.0 Å². The van der Waals surface area contributed by atoms with Gasteiger partial charge in [0.1, 0.15) is 18.0 Å². The molecule has 14 nitrogen and oxygen atoms in total. The molecule has 4 aliphatic rings. The first-order valence-corrected chi connectivity index (χ1v) is 22.3. The average Bonchev–Trinajstić information content (AvgIpc) is 3.87. The van der Waals surface area contributed by atoms with E-state index in [4.69, 9.17) is 33.7 Å². The molecule has 0 saturated carbocycles. The van der Waals surface area contributed by atoms with Gasteiger partial charge in [-0.15, -0.1) is 0 Å². The number of halogens is 3. The zero-order chi connectivity index (χ0) is 43.5. The number of amides is 4. The number of benzene rings is 2. The minimum absolute atomic E-state index is 0.0894. The molecular weight excluding hydrogens is 836 g/mol. The first kappa shape index (κ1) is 43.4. The molecule has 4 aliphatic heterocycles. The Morgan fingerprint density at radius 3 is 2.58 bits per heavy atom. The summed E-state index contributed by atoms with van der Waals surface area (Å²) in [6, 6.07) is 9.76. The van der Waals surface area contributed by atoms with Crippen molar-refractivity contribution in [2.75, 3.05) is 43.8 Å². The van der Waals surface area contributed by atoms with E-state index in [-0.39, 0.29) is 41.0 Å². The minimum Gasteiger partial charge on any atom is -0.482 e. The molecule has 3 fully saturated rings. The van der Waals surface area contributed by atoms with Gasteiger partial charge in [0.2, 0.25) is 17.7 Å². The topological polar surface area (TPSA) is 168 Å². The van der Waals surface area contributed by atoms with Gasteiger partial charge in [-0.05, 0) is 75.9 Å². The van der Waals surface area contributed by atoms with Gasteiger partial charge in [-0.2, -0.15) is 5.10 Å². The molecule has 4 aromatic rings. The van der Waals surface area contributed by atoms with Crippen molar-refractivity contribution in [1.29, 1.82) is 0 Å². The van der Waals surface area contributed by atoms with Gasteiger partial charge >= 0.3 is 0 Å². The number of pyridine rings is 1. The molecule has 1 unspecified atom stereocenters. The molecule has 62 heavy (non-hydrogen) atoms. The molecule has 4 amide bonds. The summed E-state index contributed by atoms with van der Waals surface area (Å²) >= 11 is 12.5. The fourth-order valence-corrected chi connectivity index (χ4v) is 9.66. The lowest BCUT2D eigenvalue weighted by Crippen LogP contribution is -2.57. The van der Waals surface area contributed by atoms with Crippen molar-refractivity contribution in [3.63, 3.8) is 0 Å². The number of fused-ring (bicyclic) bond motifs is 1. The normalized spacial score (nSPS) is 19.0. The predicted octanol–water partition coefficient (Wildman–Crippen LogP) is 7.17. The van der Waals surface area contributed by atoms with Crippen molar-refractivity contribution in [3.8, 4) is 16.9 Å². The van der Waals surface area contributed by atoms with Gasteiger partial charge < -0.3 is 30.5 Å². The first-order chi connectivity index (χ1) is 29.9. The molecule has 17 heteroatoms. The van der Waals surface area contributed by atoms with Gasteiger partial charge in [0.25, 0.3) is 5.91 Å². The van der Waals surface area contributed by atoms with Crippen LogP contribution in [0.4, 0.5) is 15.9 Å². The van der Waals surface area contributed by atoms with Crippen LogP contribution in [0.1, 0.15) is 105 Å². The van der Waals surface area contributed by atoms with Gasteiger partial charge in [-0.1, -0.05) is 48.5 Å². The third-order valence-electron chi connectivity index (χ3n) is 12.6. The number of hydrogen-bond donors (Lipinski definition) is 3. The predicted molar refractivity (Wildman–Crippen MR) is 234 cm³/mol. The van der Waals surface area contributed by atoms with Crippen LogP contribution >= 0.6 is 23.2 Å². The molecule has 4 N–H and O–H groups in total. The lowest BCUT2D eigenvalue weighted by atomic mass is 10.0. The Bertz CT molecular complexity index is 2330. The average molecular weight is 889 g/mol. The van der Waals surface area contributed by atoms with Gasteiger partial charge in [-0.25, -0.2) is 9.37 Å². The molecule has 0 radical (unpaired) electrons. The summed E-state index contributed by atoms with van der Waals surface area (Å²) in [4.78, 5) is 60.4. The lowest BCUT2D eigenvalue weighted by molar-refractivity contribution is -0.137. The van der Waals surface area contributed by atoms with E-state index in [0.29, 0.717) is 60.4 Å². The number of nitrogen functional groups attached to an aromatic ring is 1. The zero-order valence-electron chi connectivity index (χ0n) is 34.8. The van der Waals surface area contributed by atoms with Crippen LogP contribution in [-0.4, -0.2) is 97.9 Å². The summed E-state index contributed by atoms with van der Waals surface area (Å²) in [5, 5.41) is 10.8. The fourth-order valence-electron chi connectivity index (χ4n) is 8.98. The Morgan fingerprint density at radius 1 is 1.02 bits per heavy atom. The van der Waals surface area contributed by atoms with E-state index in [1.165, 1.54) is 12.1 Å². The van der Waals surface area contributed by atoms with Crippen LogP contribution in [0.5, 0.6) is 5.75 Å². The number of carbonyl (C=O) groups excluding carboxylic acids is 4. The Hall–Kier alpha value is -5.25. The van der Waals surface area contributed by atoms with E-state index in [1.807, 2.05) is 34.1 Å². The number of rotatable bonds is 16. The maximum atomic E-state index is 14.2. The second kappa shape index (κ2) is 19.0. The number of likely N-dealkylation sites (tertiary alicyclic amines) is 2. The fraction of sp³-hybridized carbons (Fsp3) is 0.467. The summed E-state index contributed by atoms with van der Waals surface area (Å²) < 4.78 is 22.3. The van der Waals surface area contributed by atoms with Crippen LogP contribution in [0.25, 0.3) is 11.1 Å². The molecule has 0 spiro atoms. The Balaban J connectivity index is 0.700. The maximum Gasteiger partial charge on any atom is 0.255 e. The van der Waals surface area contributed by atoms with Crippen molar-refractivity contribution in [2.45, 2.75) is 102 Å². The van der Waals surface area contributed by atoms with Crippen molar-refractivity contribution in [3.05, 3.63) is 87.5 Å². The molecule has 2 atom stereocenters. The molecule has 2 aromatic heterocycles. The third-order valence-corrected chi connectivity index (χ3v) is 13.3. The second-order valence-electron chi connectivity index (χ2n) is 16.8. The lowest BCUT2D eigenvalue weighted by Gasteiger charge is -2.40. The largest absolute Gasteiger partial charge is 0.482 e. The van der Waals surface area contributed by atoms with Gasteiger partial charge in [0.05, 0.1) is 23.3 Å². The van der Waals surface area contributed by atoms with Crippen LogP contribution in [0, 0.1) is 5.82 Å². The van der Waals surface area contributed by atoms with Gasteiger partial charge in [0, 0.05) is 96.5 Å². The number of ether oxygens (including phenoxy) is 1. The van der Waals surface area contributed by atoms with Crippen molar-refractivity contribution in [1.82, 2.24) is 34.8 Å². The highest BCUT2D eigenvalue weighted by molar-refractivity contribution is 6.36. The van der Waals surface area contributed by atoms with E-state index < -0.39 is 23.9 Å². The summed E-state index contributed by atoms with van der Waals surface area (Å²) in [7, 11) is 0. The van der Waals surface area contributed by atoms with Crippen molar-refractivity contribution >= 4 is 58.3 Å². The number of aromatic nitrogens is 3. The standard InChI is InChI=1S/C45H52Cl2FN9O5/c1-27(41-34(46)11-12-35(48)42(41)47)62-38-20-28(21-50-43(38)49)29-22-51-57(23-29)31-15-18-54(19-16-31)17-6-4-2-3-5-10-40(59)55-24-30(25-55)52-36-9-7-8-32-33(36)26-56(45(32)61)37-13-14-39(58)53-44(37)60/h7-9,11-12,20-23,27,30-31,37,52H,2-6,10,13-19,24-26H2,1H3,(H2,49,50)(H,53,58,60)/t27-,37?/m1/s1. The van der Waals surface area contributed by atoms with Crippen LogP contribution < -0.4 is 21.1 Å². The third kappa shape index (κ3) is 9.54. The van der Waals surface area contributed by atoms with Crippen LogP contribution in [0.2, 0.25) is 10.0 Å². The molecule has 0 aliphatic carbocycles. The number of nitrogens with zero attached hydrogens (tertiary/aromatic N) is 6. The first-order valence-electron chi connectivity index (χ1n) is 21.6. The number of unbranched alkanes of at least 4 members (excludes halogenated alkanes) is 4. The maximum absolute atomic E-state index is 14.2. The van der Waals surface area contributed by atoms with Gasteiger partial charge in [0.15, 0.2) is 11.6 Å². The molecule has 0 bridgehead atoms. The molecule has 2 aromatic carbocycles. The number of hydrogen-bond acceptors (Lipinski definition) is 10. The summed E-state index contributed by atoms with van der Waals surface area (Å²) in [6.45, 7) is 6.36. The van der Waals surface area contributed by atoms with Crippen LogP contribution in [0.3, 0.4) is 0 Å². The summed E-state index contributed by atoms with van der Waals surface area (Å²) in [6.07, 6.45) is 13.3. The molecule has 328 valence electrons. The van der Waals surface area contributed by atoms with E-state index in [1.54, 1.807) is 30.2 Å². The van der Waals surface area contributed by atoms with E-state index in [9.17, 15) is 23.6 Å². The summed E-state index contributed by atoms with van der Waals surface area (Å²) in [5.41, 5.74) is 10.4. The van der Waals surface area contributed by atoms with E-state index in [2.05, 4.69) is 25.6 Å². The van der Waals surface area contributed by atoms with Gasteiger partial charge in [-0.3, -0.25) is 29.2 Å². The number of anilines is 2. The monoisotopic (exact) mass is 887 g/mol. The number of nitrogens with two attached hydrogens (primary N) is 1.